The van der Waals surface area contributed by atoms with Crippen LogP contribution in [0.3, 0.4) is 0 Å². The van der Waals surface area contributed by atoms with Crippen LogP contribution in [0, 0.1) is 6.92 Å². The molecule has 0 radical (unpaired) electrons. The van der Waals surface area contributed by atoms with Gasteiger partial charge in [-0.1, -0.05) is 13.8 Å². The topological polar surface area (TPSA) is 67.9 Å². The first-order valence-corrected chi connectivity index (χ1v) is 8.17. The zero-order chi connectivity index (χ0) is 15.4. The molecule has 0 fully saturated rings. The van der Waals surface area contributed by atoms with Crippen molar-refractivity contribution in [1.82, 2.24) is 15.2 Å². The van der Waals surface area contributed by atoms with Crippen LogP contribution in [0.25, 0.3) is 0 Å². The second kappa shape index (κ2) is 6.95. The van der Waals surface area contributed by atoms with Crippen LogP contribution in [-0.2, 0) is 25.9 Å². The summed E-state index contributed by atoms with van der Waals surface area (Å²) in [7, 11) is 2.04. The minimum atomic E-state index is 0.493. The predicted molar refractivity (Wildman–Crippen MR) is 87.6 cm³/mol. The van der Waals surface area contributed by atoms with E-state index in [1.165, 1.54) is 10.4 Å². The highest BCUT2D eigenvalue weighted by Gasteiger charge is 2.17. The summed E-state index contributed by atoms with van der Waals surface area (Å²) in [5, 5.41) is 8.81. The molecule has 0 aliphatic rings. The third-order valence-electron chi connectivity index (χ3n) is 3.73. The summed E-state index contributed by atoms with van der Waals surface area (Å²) in [5.74, 6) is 0.888. The molecule has 0 aromatic carbocycles. The molecule has 0 unspecified atom stereocenters. The highest BCUT2D eigenvalue weighted by molar-refractivity contribution is 7.09. The summed E-state index contributed by atoms with van der Waals surface area (Å²) in [4.78, 5) is 7.67. The van der Waals surface area contributed by atoms with Crippen LogP contribution in [0.15, 0.2) is 5.51 Å². The second-order valence-electron chi connectivity index (χ2n) is 5.06. The second-order valence-corrected chi connectivity index (χ2v) is 5.99. The fourth-order valence-corrected chi connectivity index (χ4v) is 3.36. The van der Waals surface area contributed by atoms with Gasteiger partial charge >= 0.3 is 0 Å². The summed E-state index contributed by atoms with van der Waals surface area (Å²) >= 11 is 1.67. The molecular formula is C15H23N5S. The highest BCUT2D eigenvalue weighted by Crippen LogP contribution is 2.25. The third kappa shape index (κ3) is 3.22. The van der Waals surface area contributed by atoms with E-state index in [0.717, 1.165) is 42.2 Å². The number of anilines is 1. The lowest BCUT2D eigenvalue weighted by Gasteiger charge is -2.22. The average Bonchev–Trinajstić information content (AvgIpc) is 2.90. The lowest BCUT2D eigenvalue weighted by molar-refractivity contribution is 0.796. The van der Waals surface area contributed by atoms with Crippen LogP contribution >= 0.6 is 11.3 Å². The van der Waals surface area contributed by atoms with E-state index < -0.39 is 0 Å². The molecule has 2 rings (SSSR count). The van der Waals surface area contributed by atoms with Crippen molar-refractivity contribution >= 4 is 17.2 Å². The van der Waals surface area contributed by atoms with Crippen molar-refractivity contribution < 1.29 is 0 Å². The number of nitrogens with two attached hydrogens (primary N) is 1. The lowest BCUT2D eigenvalue weighted by Crippen LogP contribution is -2.23. The van der Waals surface area contributed by atoms with Crippen LogP contribution < -0.4 is 10.6 Å². The maximum Gasteiger partial charge on any atom is 0.156 e. The SMILES string of the molecule is CCc1nnc(N(C)Cc2scnc2C)c(CN)c1CC. The standard InChI is InChI=1S/C15H23N5S/c1-5-11-12(7-16)15(19-18-13(11)6-2)20(4)8-14-10(3)17-9-21-14/h9H,5-8,16H2,1-4H3. The third-order valence-corrected chi connectivity index (χ3v) is 4.65. The molecule has 2 aromatic heterocycles. The smallest absolute Gasteiger partial charge is 0.156 e. The Labute approximate surface area is 130 Å². The molecule has 0 saturated heterocycles. The van der Waals surface area contributed by atoms with Crippen molar-refractivity contribution in [2.24, 2.45) is 5.73 Å². The lowest BCUT2D eigenvalue weighted by atomic mass is 10.0. The number of hydrogen-bond acceptors (Lipinski definition) is 6. The number of hydrogen-bond donors (Lipinski definition) is 1. The Morgan fingerprint density at radius 3 is 2.48 bits per heavy atom. The highest BCUT2D eigenvalue weighted by atomic mass is 32.1. The molecular weight excluding hydrogens is 282 g/mol. The Bertz CT molecular complexity index is 608. The molecule has 2 N–H and O–H groups in total. The molecule has 2 heterocycles. The first kappa shape index (κ1) is 15.9. The first-order valence-electron chi connectivity index (χ1n) is 7.29. The van der Waals surface area contributed by atoms with Crippen LogP contribution in [0.2, 0.25) is 0 Å². The molecule has 6 heteroatoms. The van der Waals surface area contributed by atoms with Crippen molar-refractivity contribution in [3.63, 3.8) is 0 Å². The Kier molecular flexibility index (Phi) is 5.25. The van der Waals surface area contributed by atoms with Crippen LogP contribution in [0.1, 0.15) is 41.2 Å². The molecule has 0 bridgehead atoms. The van der Waals surface area contributed by atoms with E-state index in [1.807, 2.05) is 19.5 Å². The van der Waals surface area contributed by atoms with E-state index in [-0.39, 0.29) is 0 Å². The molecule has 21 heavy (non-hydrogen) atoms. The first-order chi connectivity index (χ1) is 10.1. The fourth-order valence-electron chi connectivity index (χ4n) is 2.53. The van der Waals surface area contributed by atoms with Crippen molar-refractivity contribution in [2.45, 2.75) is 46.7 Å². The largest absolute Gasteiger partial charge is 0.353 e. The fraction of sp³-hybridized carbons (Fsp3) is 0.533. The molecule has 0 atom stereocenters. The normalized spacial score (nSPS) is 10.9. The molecule has 114 valence electrons. The Morgan fingerprint density at radius 2 is 1.95 bits per heavy atom. The van der Waals surface area contributed by atoms with Crippen LogP contribution in [0.5, 0.6) is 0 Å². The van der Waals surface area contributed by atoms with Gasteiger partial charge in [-0.25, -0.2) is 4.98 Å². The van der Waals surface area contributed by atoms with E-state index in [1.54, 1.807) is 11.3 Å². The van der Waals surface area contributed by atoms with Gasteiger partial charge in [0.15, 0.2) is 5.82 Å². The minimum Gasteiger partial charge on any atom is -0.353 e. The van der Waals surface area contributed by atoms with Gasteiger partial charge in [-0.15, -0.1) is 16.4 Å². The Hall–Kier alpha value is -1.53. The van der Waals surface area contributed by atoms with Gasteiger partial charge in [0.2, 0.25) is 0 Å². The molecule has 2 aromatic rings. The summed E-state index contributed by atoms with van der Waals surface area (Å²) in [6, 6.07) is 0. The van der Waals surface area contributed by atoms with Gasteiger partial charge in [0, 0.05) is 24.0 Å². The van der Waals surface area contributed by atoms with Crippen molar-refractivity contribution in [3.8, 4) is 0 Å². The maximum atomic E-state index is 5.99. The van der Waals surface area contributed by atoms with Crippen LogP contribution in [-0.4, -0.2) is 22.2 Å². The average molecular weight is 305 g/mol. The van der Waals surface area contributed by atoms with Gasteiger partial charge in [0.1, 0.15) is 0 Å². The van der Waals surface area contributed by atoms with Crippen molar-refractivity contribution in [2.75, 3.05) is 11.9 Å². The monoisotopic (exact) mass is 305 g/mol. The van der Waals surface area contributed by atoms with Gasteiger partial charge in [-0.2, -0.15) is 5.10 Å². The van der Waals surface area contributed by atoms with E-state index >= 15 is 0 Å². The number of aromatic nitrogens is 3. The summed E-state index contributed by atoms with van der Waals surface area (Å²) in [5.41, 5.74) is 12.4. The molecule has 0 spiro atoms. The number of nitrogens with zero attached hydrogens (tertiary/aromatic N) is 4. The number of aryl methyl sites for hydroxylation is 2. The number of rotatable bonds is 6. The summed E-state index contributed by atoms with van der Waals surface area (Å²) in [6.45, 7) is 7.56. The van der Waals surface area contributed by atoms with Crippen molar-refractivity contribution in [1.29, 1.82) is 0 Å². The van der Waals surface area contributed by atoms with Gasteiger partial charge in [-0.3, -0.25) is 0 Å². The van der Waals surface area contributed by atoms with E-state index in [2.05, 4.69) is 33.9 Å². The van der Waals surface area contributed by atoms with Gasteiger partial charge in [0.05, 0.1) is 23.4 Å². The van der Waals surface area contributed by atoms with Gasteiger partial charge in [0.25, 0.3) is 0 Å². The van der Waals surface area contributed by atoms with Gasteiger partial charge < -0.3 is 10.6 Å². The molecule has 0 saturated carbocycles. The maximum absolute atomic E-state index is 5.99. The van der Waals surface area contributed by atoms with Gasteiger partial charge in [-0.05, 0) is 25.3 Å². The Balaban J connectivity index is 2.36. The zero-order valence-corrected chi connectivity index (χ0v) is 14.0. The van der Waals surface area contributed by atoms with E-state index in [4.69, 9.17) is 5.73 Å². The Morgan fingerprint density at radius 1 is 1.19 bits per heavy atom. The molecule has 0 aliphatic heterocycles. The predicted octanol–water partition coefficient (Wildman–Crippen LogP) is 2.46. The summed E-state index contributed by atoms with van der Waals surface area (Å²) in [6.07, 6.45) is 1.83. The zero-order valence-electron chi connectivity index (χ0n) is 13.2. The van der Waals surface area contributed by atoms with E-state index in [0.29, 0.717) is 6.54 Å². The summed E-state index contributed by atoms with van der Waals surface area (Å²) < 4.78 is 0. The van der Waals surface area contributed by atoms with Crippen molar-refractivity contribution in [3.05, 3.63) is 32.9 Å². The molecule has 5 nitrogen and oxygen atoms in total. The number of thiazole rings is 1. The molecule has 0 amide bonds. The quantitative estimate of drug-likeness (QED) is 0.888. The minimum absolute atomic E-state index is 0.493. The molecule has 0 aliphatic carbocycles. The van der Waals surface area contributed by atoms with E-state index in [9.17, 15) is 0 Å². The van der Waals surface area contributed by atoms with Crippen LogP contribution in [0.4, 0.5) is 5.82 Å².